The molecule has 33 heavy (non-hydrogen) atoms. The van der Waals surface area contributed by atoms with E-state index in [1.54, 1.807) is 12.1 Å². The molecule has 5 nitrogen and oxygen atoms in total. The highest BCUT2D eigenvalue weighted by Crippen LogP contribution is 2.46. The summed E-state index contributed by atoms with van der Waals surface area (Å²) < 4.78 is 0. The Morgan fingerprint density at radius 3 is 2.45 bits per heavy atom. The number of hydrogen-bond acceptors (Lipinski definition) is 3. The van der Waals surface area contributed by atoms with Gasteiger partial charge in [-0.15, -0.1) is 0 Å². The number of hydrogen-bond donors (Lipinski definition) is 2. The van der Waals surface area contributed by atoms with E-state index in [-0.39, 0.29) is 23.8 Å². The average molecular weight is 469 g/mol. The minimum atomic E-state index is -1.03. The van der Waals surface area contributed by atoms with Crippen molar-refractivity contribution in [3.8, 4) is 0 Å². The summed E-state index contributed by atoms with van der Waals surface area (Å²) in [5.41, 5.74) is 0.235. The van der Waals surface area contributed by atoms with Crippen LogP contribution >= 0.6 is 11.6 Å². The number of amides is 2. The summed E-state index contributed by atoms with van der Waals surface area (Å²) in [6.07, 6.45) is 3.32. The highest BCUT2D eigenvalue weighted by atomic mass is 35.5. The van der Waals surface area contributed by atoms with E-state index >= 15 is 0 Å². The number of carbonyl (C=O) groups is 2. The summed E-state index contributed by atoms with van der Waals surface area (Å²) in [6.45, 7) is 4.97. The molecule has 1 heterocycles. The summed E-state index contributed by atoms with van der Waals surface area (Å²) in [5, 5.41) is 15.4. The van der Waals surface area contributed by atoms with Crippen molar-refractivity contribution in [1.82, 2.24) is 10.2 Å². The van der Waals surface area contributed by atoms with Crippen LogP contribution in [0.4, 0.5) is 0 Å². The zero-order valence-corrected chi connectivity index (χ0v) is 20.1. The Labute approximate surface area is 201 Å². The fraction of sp³-hybridized carbons (Fsp3) is 0.481. The number of aliphatic hydroxyl groups is 1. The van der Waals surface area contributed by atoms with Crippen LogP contribution in [0.15, 0.2) is 54.6 Å². The molecule has 4 rings (SSSR count). The maximum atomic E-state index is 13.5. The topological polar surface area (TPSA) is 69.6 Å². The van der Waals surface area contributed by atoms with Crippen LogP contribution in [-0.4, -0.2) is 41.0 Å². The Morgan fingerprint density at radius 1 is 1.09 bits per heavy atom. The van der Waals surface area contributed by atoms with Gasteiger partial charge < -0.3 is 15.3 Å². The molecule has 0 aromatic heterocycles. The Kier molecular flexibility index (Phi) is 6.83. The minimum absolute atomic E-state index is 0.0398. The third-order valence-electron chi connectivity index (χ3n) is 7.47. The Morgan fingerprint density at radius 2 is 1.79 bits per heavy atom. The van der Waals surface area contributed by atoms with Gasteiger partial charge in [0.05, 0.1) is 17.9 Å². The van der Waals surface area contributed by atoms with E-state index in [0.29, 0.717) is 31.0 Å². The monoisotopic (exact) mass is 468 g/mol. The first-order chi connectivity index (χ1) is 15.7. The van der Waals surface area contributed by atoms with Gasteiger partial charge in [-0.05, 0) is 42.5 Å². The molecule has 2 aliphatic rings. The molecule has 1 aliphatic carbocycles. The Bertz CT molecular complexity index is 992. The van der Waals surface area contributed by atoms with Gasteiger partial charge in [0, 0.05) is 29.6 Å². The lowest BCUT2D eigenvalue weighted by atomic mass is 9.66. The number of benzene rings is 2. The normalized spacial score (nSPS) is 26.7. The summed E-state index contributed by atoms with van der Waals surface area (Å²) in [5.74, 6) is -0.159. The quantitative estimate of drug-likeness (QED) is 0.686. The standard InChI is InChI=1S/C27H33ClN2O3/c1-26(2)18-30(16-15-27(26,33)20-11-13-21(28)14-12-20)25(32)22-9-6-10-23(22)29-24(31)17-19-7-4-3-5-8-19/h3-5,7-8,11-14,22-23,33H,6,9-10,15-18H2,1-2H3,(H,29,31)/t22-,23+,27-/m0/s1. The molecule has 1 saturated heterocycles. The van der Waals surface area contributed by atoms with Gasteiger partial charge in [-0.1, -0.05) is 74.3 Å². The highest BCUT2D eigenvalue weighted by molar-refractivity contribution is 6.30. The molecular weight excluding hydrogens is 436 g/mol. The fourth-order valence-corrected chi connectivity index (χ4v) is 5.60. The van der Waals surface area contributed by atoms with Crippen LogP contribution in [0, 0.1) is 11.3 Å². The van der Waals surface area contributed by atoms with Gasteiger partial charge in [-0.2, -0.15) is 0 Å². The zero-order chi connectivity index (χ0) is 23.6. The van der Waals surface area contributed by atoms with E-state index in [1.165, 1.54) is 0 Å². The van der Waals surface area contributed by atoms with Gasteiger partial charge in [-0.25, -0.2) is 0 Å². The lowest BCUT2D eigenvalue weighted by Crippen LogP contribution is -2.58. The molecule has 0 unspecified atom stereocenters. The summed E-state index contributed by atoms with van der Waals surface area (Å²) >= 11 is 6.03. The number of rotatable bonds is 5. The highest BCUT2D eigenvalue weighted by Gasteiger charge is 2.50. The molecule has 0 bridgehead atoms. The second-order valence-corrected chi connectivity index (χ2v) is 10.6. The predicted octanol–water partition coefficient (Wildman–Crippen LogP) is 4.31. The smallest absolute Gasteiger partial charge is 0.227 e. The van der Waals surface area contributed by atoms with Crippen molar-refractivity contribution >= 4 is 23.4 Å². The molecule has 2 N–H and O–H groups in total. The van der Waals surface area contributed by atoms with Gasteiger partial charge in [0.25, 0.3) is 0 Å². The number of nitrogens with zero attached hydrogens (tertiary/aromatic N) is 1. The van der Waals surface area contributed by atoms with E-state index in [0.717, 1.165) is 30.4 Å². The molecule has 0 spiro atoms. The van der Waals surface area contributed by atoms with E-state index in [4.69, 9.17) is 11.6 Å². The second-order valence-electron chi connectivity index (χ2n) is 10.1. The molecule has 1 saturated carbocycles. The van der Waals surface area contributed by atoms with Gasteiger partial charge in [-0.3, -0.25) is 9.59 Å². The second kappa shape index (κ2) is 9.47. The Hall–Kier alpha value is -2.37. The first-order valence-electron chi connectivity index (χ1n) is 11.8. The summed E-state index contributed by atoms with van der Waals surface area (Å²) in [7, 11) is 0. The third kappa shape index (κ3) is 4.95. The van der Waals surface area contributed by atoms with Gasteiger partial charge in [0.15, 0.2) is 0 Å². The minimum Gasteiger partial charge on any atom is -0.384 e. The molecule has 2 fully saturated rings. The van der Waals surface area contributed by atoms with Crippen molar-refractivity contribution in [2.75, 3.05) is 13.1 Å². The molecule has 1 aliphatic heterocycles. The third-order valence-corrected chi connectivity index (χ3v) is 7.72. The van der Waals surface area contributed by atoms with Crippen molar-refractivity contribution in [3.05, 3.63) is 70.7 Å². The van der Waals surface area contributed by atoms with Gasteiger partial charge in [0.1, 0.15) is 0 Å². The molecule has 6 heteroatoms. The van der Waals surface area contributed by atoms with Crippen molar-refractivity contribution in [2.24, 2.45) is 11.3 Å². The lowest BCUT2D eigenvalue weighted by Gasteiger charge is -2.51. The molecule has 2 aromatic rings. The van der Waals surface area contributed by atoms with Crippen LogP contribution in [0.1, 0.15) is 50.7 Å². The van der Waals surface area contributed by atoms with E-state index < -0.39 is 11.0 Å². The van der Waals surface area contributed by atoms with E-state index in [2.05, 4.69) is 5.32 Å². The molecule has 176 valence electrons. The van der Waals surface area contributed by atoms with Crippen molar-refractivity contribution < 1.29 is 14.7 Å². The molecule has 2 amide bonds. The van der Waals surface area contributed by atoms with Crippen molar-refractivity contribution in [3.63, 3.8) is 0 Å². The first kappa shape index (κ1) is 23.8. The largest absolute Gasteiger partial charge is 0.384 e. The maximum absolute atomic E-state index is 13.5. The van der Waals surface area contributed by atoms with Crippen molar-refractivity contribution in [1.29, 1.82) is 0 Å². The van der Waals surface area contributed by atoms with Crippen LogP contribution < -0.4 is 5.32 Å². The maximum Gasteiger partial charge on any atom is 0.227 e. The average Bonchev–Trinajstić information content (AvgIpc) is 3.24. The number of carbonyl (C=O) groups excluding carboxylic acids is 2. The summed E-state index contributed by atoms with van der Waals surface area (Å²) in [6, 6.07) is 16.9. The zero-order valence-electron chi connectivity index (χ0n) is 19.4. The SMILES string of the molecule is CC1(C)CN(C(=O)[C@H]2CCC[C@H]2NC(=O)Cc2ccccc2)CC[C@]1(O)c1ccc(Cl)cc1. The first-order valence-corrected chi connectivity index (χ1v) is 12.2. The van der Waals surface area contributed by atoms with E-state index in [9.17, 15) is 14.7 Å². The predicted molar refractivity (Wildman–Crippen MR) is 130 cm³/mol. The van der Waals surface area contributed by atoms with Crippen LogP contribution in [0.25, 0.3) is 0 Å². The Balaban J connectivity index is 1.41. The molecule has 2 aromatic carbocycles. The van der Waals surface area contributed by atoms with Crippen molar-refractivity contribution in [2.45, 2.75) is 57.6 Å². The van der Waals surface area contributed by atoms with Gasteiger partial charge >= 0.3 is 0 Å². The fourth-order valence-electron chi connectivity index (χ4n) is 5.47. The lowest BCUT2D eigenvalue weighted by molar-refractivity contribution is -0.157. The molecule has 3 atom stereocenters. The number of likely N-dealkylation sites (tertiary alicyclic amines) is 1. The van der Waals surface area contributed by atoms with Crippen LogP contribution in [0.3, 0.4) is 0 Å². The van der Waals surface area contributed by atoms with Crippen LogP contribution in [0.5, 0.6) is 0 Å². The summed E-state index contributed by atoms with van der Waals surface area (Å²) in [4.78, 5) is 28.0. The van der Waals surface area contributed by atoms with Crippen LogP contribution in [0.2, 0.25) is 5.02 Å². The van der Waals surface area contributed by atoms with Crippen LogP contribution in [-0.2, 0) is 21.6 Å². The van der Waals surface area contributed by atoms with E-state index in [1.807, 2.05) is 61.2 Å². The number of piperidine rings is 1. The molecular formula is C27H33ClN2O3. The van der Waals surface area contributed by atoms with Gasteiger partial charge in [0.2, 0.25) is 11.8 Å². The molecule has 0 radical (unpaired) electrons. The number of halogens is 1. The number of nitrogens with one attached hydrogen (secondary N) is 1.